The molecule has 0 unspecified atom stereocenters. The first kappa shape index (κ1) is 34.1. The Balaban J connectivity index is 0.000000185. The van der Waals surface area contributed by atoms with E-state index >= 15 is 0 Å². The number of methoxy groups -OCH3 is 1. The summed E-state index contributed by atoms with van der Waals surface area (Å²) in [6.07, 6.45) is 7.42. The summed E-state index contributed by atoms with van der Waals surface area (Å²) in [6.45, 7) is 10.3. The molecule has 4 heteroatoms. The lowest BCUT2D eigenvalue weighted by Gasteiger charge is -1.96. The Morgan fingerprint density at radius 3 is 1.00 bits per heavy atom. The summed E-state index contributed by atoms with van der Waals surface area (Å²) >= 11 is 0. The molecular weight excluding hydrogens is 552 g/mol. The van der Waals surface area contributed by atoms with E-state index in [4.69, 9.17) is 0 Å². The van der Waals surface area contributed by atoms with E-state index in [1.807, 2.05) is 79.7 Å². The van der Waals surface area contributed by atoms with Gasteiger partial charge in [0, 0.05) is 6.08 Å². The van der Waals surface area contributed by atoms with Crippen LogP contribution in [0.2, 0.25) is 0 Å². The van der Waals surface area contributed by atoms with Gasteiger partial charge in [-0.1, -0.05) is 137 Å². The molecule has 0 aliphatic rings. The van der Waals surface area contributed by atoms with Gasteiger partial charge in [-0.05, 0) is 81.7 Å². The Morgan fingerprint density at radius 1 is 0.444 bits per heavy atom. The molecule has 0 spiro atoms. The summed E-state index contributed by atoms with van der Waals surface area (Å²) < 4.78 is 4.47. The number of nitrogens with zero attached hydrogens (tertiary/aromatic N) is 2. The lowest BCUT2D eigenvalue weighted by atomic mass is 10.1. The second kappa shape index (κ2) is 18.3. The number of benzene rings is 5. The van der Waals surface area contributed by atoms with Crippen LogP contribution in [-0.2, 0) is 9.53 Å². The van der Waals surface area contributed by atoms with Gasteiger partial charge in [-0.3, -0.25) is 0 Å². The van der Waals surface area contributed by atoms with E-state index in [2.05, 4.69) is 103 Å². The fourth-order valence-corrected chi connectivity index (χ4v) is 3.80. The predicted octanol–water partition coefficient (Wildman–Crippen LogP) is 11.4. The van der Waals surface area contributed by atoms with Crippen LogP contribution in [0.3, 0.4) is 0 Å². The third-order valence-corrected chi connectivity index (χ3v) is 6.66. The van der Waals surface area contributed by atoms with Crippen LogP contribution in [0.25, 0.3) is 18.2 Å². The lowest BCUT2D eigenvalue weighted by Crippen LogP contribution is -1.93. The molecule has 0 radical (unpaired) electrons. The van der Waals surface area contributed by atoms with E-state index in [1.54, 1.807) is 6.08 Å². The molecule has 0 atom stereocenters. The van der Waals surface area contributed by atoms with Crippen molar-refractivity contribution in [2.45, 2.75) is 34.6 Å². The van der Waals surface area contributed by atoms with Crippen LogP contribution < -0.4 is 0 Å². The minimum absolute atomic E-state index is 0.333. The summed E-state index contributed by atoms with van der Waals surface area (Å²) in [4.78, 5) is 10.7. The zero-order valence-corrected chi connectivity index (χ0v) is 27.1. The molecule has 0 aliphatic carbocycles. The molecule has 228 valence electrons. The van der Waals surface area contributed by atoms with Gasteiger partial charge in [0.25, 0.3) is 0 Å². The first-order valence-electron chi connectivity index (χ1n) is 14.9. The van der Waals surface area contributed by atoms with E-state index in [1.165, 1.54) is 52.1 Å². The van der Waals surface area contributed by atoms with Crippen molar-refractivity contribution >= 4 is 35.6 Å². The van der Waals surface area contributed by atoms with Gasteiger partial charge in [-0.25, -0.2) is 4.79 Å². The monoisotopic (exact) mass is 594 g/mol. The number of azo groups is 1. The highest BCUT2D eigenvalue weighted by Crippen LogP contribution is 2.19. The zero-order valence-electron chi connectivity index (χ0n) is 27.1. The number of aryl methyl sites for hydroxylation is 5. The Bertz CT molecular complexity index is 1490. The molecule has 45 heavy (non-hydrogen) atoms. The van der Waals surface area contributed by atoms with Crippen molar-refractivity contribution in [3.05, 3.63) is 172 Å². The standard InChI is InChI=1S/C16H16.C14H14N2.C11H12O2/c1-13-3-7-15(8-4-13)11-12-16-9-5-14(2)6-10-16;1-11-3-7-13(8-4-11)15-16-14-9-5-12(2)6-10-14;1-9-3-5-10(6-4-9)7-8-11(12)13-2/h3-12H,1-2H3;3-10H,1-2H3;3-8H,1-2H3/b12-11+;;8-7+. The van der Waals surface area contributed by atoms with Crippen molar-refractivity contribution < 1.29 is 9.53 Å². The number of rotatable bonds is 6. The molecule has 4 nitrogen and oxygen atoms in total. The van der Waals surface area contributed by atoms with Crippen LogP contribution in [0.15, 0.2) is 138 Å². The van der Waals surface area contributed by atoms with Gasteiger partial charge in [-0.2, -0.15) is 10.2 Å². The molecule has 0 saturated carbocycles. The quantitative estimate of drug-likeness (QED) is 0.0850. The first-order valence-corrected chi connectivity index (χ1v) is 14.9. The van der Waals surface area contributed by atoms with Crippen molar-refractivity contribution in [3.63, 3.8) is 0 Å². The van der Waals surface area contributed by atoms with E-state index in [0.29, 0.717) is 0 Å². The maximum Gasteiger partial charge on any atom is 0.330 e. The highest BCUT2D eigenvalue weighted by atomic mass is 16.5. The molecule has 5 aromatic carbocycles. The number of ether oxygens (including phenoxy) is 1. The molecule has 0 aromatic heterocycles. The van der Waals surface area contributed by atoms with Gasteiger partial charge in [0.1, 0.15) is 0 Å². The second-order valence-corrected chi connectivity index (χ2v) is 10.8. The molecule has 0 amide bonds. The van der Waals surface area contributed by atoms with Crippen LogP contribution in [0.5, 0.6) is 0 Å². The molecule has 0 bridgehead atoms. The molecule has 0 heterocycles. The average molecular weight is 595 g/mol. The largest absolute Gasteiger partial charge is 0.466 e. The van der Waals surface area contributed by atoms with Crippen molar-refractivity contribution in [1.82, 2.24) is 0 Å². The van der Waals surface area contributed by atoms with Crippen LogP contribution in [0, 0.1) is 34.6 Å². The summed E-state index contributed by atoms with van der Waals surface area (Å²) in [6, 6.07) is 41.0. The molecule has 0 N–H and O–H groups in total. The summed E-state index contributed by atoms with van der Waals surface area (Å²) in [5.74, 6) is -0.333. The SMILES string of the molecule is COC(=O)/C=C/c1ccc(C)cc1.Cc1ccc(/C=C/c2ccc(C)cc2)cc1.Cc1ccc(N=Nc2ccc(C)cc2)cc1. The second-order valence-electron chi connectivity index (χ2n) is 10.8. The third kappa shape index (κ3) is 13.7. The topological polar surface area (TPSA) is 51.0 Å². The molecule has 0 saturated heterocycles. The highest BCUT2D eigenvalue weighted by Gasteiger charge is 1.93. The molecule has 0 aliphatic heterocycles. The Morgan fingerprint density at radius 2 is 0.711 bits per heavy atom. The number of carbonyl (C=O) groups is 1. The van der Waals surface area contributed by atoms with Gasteiger partial charge >= 0.3 is 5.97 Å². The van der Waals surface area contributed by atoms with Crippen molar-refractivity contribution in [1.29, 1.82) is 0 Å². The van der Waals surface area contributed by atoms with Gasteiger partial charge < -0.3 is 4.74 Å². The summed E-state index contributed by atoms with van der Waals surface area (Å²) in [5, 5.41) is 8.34. The number of carbonyl (C=O) groups excluding carboxylic acids is 1. The highest BCUT2D eigenvalue weighted by molar-refractivity contribution is 5.86. The zero-order chi connectivity index (χ0) is 32.4. The van der Waals surface area contributed by atoms with E-state index in [9.17, 15) is 4.79 Å². The van der Waals surface area contributed by atoms with E-state index in [-0.39, 0.29) is 5.97 Å². The molecule has 5 rings (SSSR count). The van der Waals surface area contributed by atoms with Gasteiger partial charge in [0.15, 0.2) is 0 Å². The molecule has 5 aromatic rings. The maximum atomic E-state index is 10.7. The van der Waals surface area contributed by atoms with Gasteiger partial charge in [0.2, 0.25) is 0 Å². The summed E-state index contributed by atoms with van der Waals surface area (Å²) in [5.41, 5.74) is 11.5. The predicted molar refractivity (Wildman–Crippen MR) is 190 cm³/mol. The van der Waals surface area contributed by atoms with Crippen LogP contribution in [-0.4, -0.2) is 13.1 Å². The van der Waals surface area contributed by atoms with E-state index < -0.39 is 0 Å². The summed E-state index contributed by atoms with van der Waals surface area (Å²) in [7, 11) is 1.36. The minimum Gasteiger partial charge on any atom is -0.466 e. The van der Waals surface area contributed by atoms with Gasteiger partial charge in [0.05, 0.1) is 18.5 Å². The van der Waals surface area contributed by atoms with Crippen molar-refractivity contribution in [2.24, 2.45) is 10.2 Å². The Labute approximate surface area is 268 Å². The smallest absolute Gasteiger partial charge is 0.330 e. The van der Waals surface area contributed by atoms with Gasteiger partial charge in [-0.15, -0.1) is 0 Å². The van der Waals surface area contributed by atoms with Crippen LogP contribution in [0.4, 0.5) is 11.4 Å². The Kier molecular flexibility index (Phi) is 13.9. The van der Waals surface area contributed by atoms with Crippen LogP contribution in [0.1, 0.15) is 44.5 Å². The van der Waals surface area contributed by atoms with Crippen LogP contribution >= 0.6 is 0 Å². The molecular formula is C41H42N2O2. The fraction of sp³-hybridized carbons (Fsp3) is 0.146. The maximum absolute atomic E-state index is 10.7. The lowest BCUT2D eigenvalue weighted by molar-refractivity contribution is -0.134. The normalized spacial score (nSPS) is 10.7. The average Bonchev–Trinajstić information content (AvgIpc) is 3.06. The number of esters is 1. The minimum atomic E-state index is -0.333. The van der Waals surface area contributed by atoms with Crippen molar-refractivity contribution in [2.75, 3.05) is 7.11 Å². The third-order valence-electron chi connectivity index (χ3n) is 6.66. The van der Waals surface area contributed by atoms with Crippen molar-refractivity contribution in [3.8, 4) is 0 Å². The number of hydrogen-bond acceptors (Lipinski definition) is 4. The number of hydrogen-bond donors (Lipinski definition) is 0. The first-order chi connectivity index (χ1) is 21.7. The fourth-order valence-electron chi connectivity index (χ4n) is 3.80. The molecule has 0 fully saturated rings. The van der Waals surface area contributed by atoms with E-state index in [0.717, 1.165) is 16.9 Å². The Hall–Kier alpha value is -5.35.